The van der Waals surface area contributed by atoms with Crippen molar-refractivity contribution in [3.8, 4) is 5.75 Å². The Bertz CT molecular complexity index is 523. The molecule has 1 fully saturated rings. The minimum absolute atomic E-state index is 0.118. The van der Waals surface area contributed by atoms with Crippen molar-refractivity contribution in [1.29, 1.82) is 0 Å². The summed E-state index contributed by atoms with van der Waals surface area (Å²) in [6, 6.07) is 6.29. The van der Waals surface area contributed by atoms with Crippen LogP contribution in [0.1, 0.15) is 42.7 Å². The van der Waals surface area contributed by atoms with Gasteiger partial charge in [0.25, 0.3) is 0 Å². The van der Waals surface area contributed by atoms with Crippen LogP contribution in [0.15, 0.2) is 18.2 Å². The maximum absolute atomic E-state index is 11.5. The van der Waals surface area contributed by atoms with Crippen LogP contribution in [0, 0.1) is 5.41 Å². The van der Waals surface area contributed by atoms with E-state index in [4.69, 9.17) is 10.5 Å². The Hall–Kier alpha value is -1.55. The third-order valence-electron chi connectivity index (χ3n) is 4.85. The van der Waals surface area contributed by atoms with E-state index in [1.54, 1.807) is 7.11 Å². The number of carbonyl (C=O) groups is 1. The molecule has 0 aromatic heterocycles. The second-order valence-electron chi connectivity index (χ2n) is 6.08. The number of methoxy groups -OCH3 is 1. The zero-order valence-electron chi connectivity index (χ0n) is 11.9. The third kappa shape index (κ3) is 2.40. The van der Waals surface area contributed by atoms with Crippen molar-refractivity contribution in [2.24, 2.45) is 11.1 Å². The lowest BCUT2D eigenvalue weighted by Crippen LogP contribution is -2.30. The fourth-order valence-corrected chi connectivity index (χ4v) is 3.21. The summed E-state index contributed by atoms with van der Waals surface area (Å²) in [4.78, 5) is 11.5. The molecule has 20 heavy (non-hydrogen) atoms. The maximum atomic E-state index is 11.5. The van der Waals surface area contributed by atoms with Crippen molar-refractivity contribution in [2.75, 3.05) is 13.7 Å². The Kier molecular flexibility index (Phi) is 3.42. The Labute approximate surface area is 119 Å². The zero-order valence-corrected chi connectivity index (χ0v) is 11.9. The van der Waals surface area contributed by atoms with Gasteiger partial charge in [0.1, 0.15) is 5.75 Å². The van der Waals surface area contributed by atoms with Crippen LogP contribution in [-0.4, -0.2) is 19.6 Å². The predicted octanol–water partition coefficient (Wildman–Crippen LogP) is 1.93. The monoisotopic (exact) mass is 274 g/mol. The number of hydrogen-bond donors (Lipinski definition) is 2. The molecule has 3 rings (SSSR count). The topological polar surface area (TPSA) is 64.3 Å². The van der Waals surface area contributed by atoms with E-state index in [-0.39, 0.29) is 11.3 Å². The van der Waals surface area contributed by atoms with Crippen LogP contribution in [0.25, 0.3) is 0 Å². The molecule has 108 valence electrons. The van der Waals surface area contributed by atoms with Crippen LogP contribution in [0.4, 0.5) is 0 Å². The number of nitrogens with one attached hydrogen (secondary N) is 1. The van der Waals surface area contributed by atoms with E-state index < -0.39 is 0 Å². The number of rotatable bonds is 5. The SMILES string of the molecule is COc1ccc2c(c1)C(CCC1(C(N)=O)CC1)CNC2. The van der Waals surface area contributed by atoms with Gasteiger partial charge in [0.2, 0.25) is 5.91 Å². The molecule has 4 nitrogen and oxygen atoms in total. The molecule has 1 aliphatic carbocycles. The Balaban J connectivity index is 1.74. The first kappa shape index (κ1) is 13.4. The number of fused-ring (bicyclic) bond motifs is 1. The van der Waals surface area contributed by atoms with Crippen LogP contribution in [-0.2, 0) is 11.3 Å². The highest BCUT2D eigenvalue weighted by Gasteiger charge is 2.48. The van der Waals surface area contributed by atoms with Crippen LogP contribution >= 0.6 is 0 Å². The normalized spacial score (nSPS) is 22.9. The van der Waals surface area contributed by atoms with Gasteiger partial charge < -0.3 is 15.8 Å². The van der Waals surface area contributed by atoms with E-state index in [0.717, 1.165) is 44.5 Å². The lowest BCUT2D eigenvalue weighted by Gasteiger charge is -2.28. The van der Waals surface area contributed by atoms with Gasteiger partial charge in [-0.1, -0.05) is 6.07 Å². The molecular formula is C16H22N2O2. The molecule has 1 saturated carbocycles. The average molecular weight is 274 g/mol. The van der Waals surface area contributed by atoms with E-state index in [0.29, 0.717) is 5.92 Å². The van der Waals surface area contributed by atoms with Gasteiger partial charge in [-0.3, -0.25) is 4.79 Å². The van der Waals surface area contributed by atoms with Crippen LogP contribution < -0.4 is 15.8 Å². The summed E-state index contributed by atoms with van der Waals surface area (Å²) in [6.45, 7) is 1.88. The predicted molar refractivity (Wildman–Crippen MR) is 77.5 cm³/mol. The summed E-state index contributed by atoms with van der Waals surface area (Å²) in [5, 5.41) is 3.46. The fraction of sp³-hybridized carbons (Fsp3) is 0.562. The van der Waals surface area contributed by atoms with Crippen molar-refractivity contribution < 1.29 is 9.53 Å². The summed E-state index contributed by atoms with van der Waals surface area (Å²) < 4.78 is 5.33. The average Bonchev–Trinajstić information content (AvgIpc) is 3.25. The molecular weight excluding hydrogens is 252 g/mol. The van der Waals surface area contributed by atoms with Gasteiger partial charge >= 0.3 is 0 Å². The van der Waals surface area contributed by atoms with Crippen molar-refractivity contribution >= 4 is 5.91 Å². The van der Waals surface area contributed by atoms with Gasteiger partial charge in [-0.2, -0.15) is 0 Å². The molecule has 0 spiro atoms. The van der Waals surface area contributed by atoms with Gasteiger partial charge in [-0.05, 0) is 54.9 Å². The number of carbonyl (C=O) groups excluding carboxylic acids is 1. The molecule has 4 heteroatoms. The number of primary amides is 1. The van der Waals surface area contributed by atoms with Crippen LogP contribution in [0.2, 0.25) is 0 Å². The van der Waals surface area contributed by atoms with Crippen molar-refractivity contribution in [2.45, 2.75) is 38.1 Å². The standard InChI is InChI=1S/C16H22N2O2/c1-20-13-3-2-11-9-18-10-12(14(11)8-13)4-5-16(6-7-16)15(17)19/h2-3,8,12,18H,4-7,9-10H2,1H3,(H2,17,19). The van der Waals surface area contributed by atoms with Gasteiger partial charge in [0, 0.05) is 18.5 Å². The quantitative estimate of drug-likeness (QED) is 0.862. The second kappa shape index (κ2) is 5.09. The first-order chi connectivity index (χ1) is 9.64. The van der Waals surface area contributed by atoms with Crippen molar-refractivity contribution in [1.82, 2.24) is 5.32 Å². The molecule has 1 aromatic rings. The van der Waals surface area contributed by atoms with Gasteiger partial charge in [-0.25, -0.2) is 0 Å². The minimum atomic E-state index is -0.198. The molecule has 1 aromatic carbocycles. The smallest absolute Gasteiger partial charge is 0.223 e. The summed E-state index contributed by atoms with van der Waals surface area (Å²) in [7, 11) is 1.70. The van der Waals surface area contributed by atoms with E-state index >= 15 is 0 Å². The fourth-order valence-electron chi connectivity index (χ4n) is 3.21. The van der Waals surface area contributed by atoms with E-state index in [9.17, 15) is 4.79 Å². The minimum Gasteiger partial charge on any atom is -0.497 e. The van der Waals surface area contributed by atoms with E-state index in [1.165, 1.54) is 11.1 Å². The molecule has 1 atom stereocenters. The molecule has 3 N–H and O–H groups in total. The molecule has 0 bridgehead atoms. The van der Waals surface area contributed by atoms with Gasteiger partial charge in [0.15, 0.2) is 0 Å². The van der Waals surface area contributed by atoms with Gasteiger partial charge in [-0.15, -0.1) is 0 Å². The van der Waals surface area contributed by atoms with Crippen LogP contribution in [0.5, 0.6) is 5.75 Å². The maximum Gasteiger partial charge on any atom is 0.223 e. The summed E-state index contributed by atoms with van der Waals surface area (Å²) in [5.74, 6) is 1.24. The van der Waals surface area contributed by atoms with Gasteiger partial charge in [0.05, 0.1) is 7.11 Å². The number of benzene rings is 1. The second-order valence-corrected chi connectivity index (χ2v) is 6.08. The zero-order chi connectivity index (χ0) is 14.2. The number of amides is 1. The highest BCUT2D eigenvalue weighted by atomic mass is 16.5. The van der Waals surface area contributed by atoms with E-state index in [1.807, 2.05) is 6.07 Å². The highest BCUT2D eigenvalue weighted by Crippen LogP contribution is 2.50. The Morgan fingerprint density at radius 3 is 2.95 bits per heavy atom. The van der Waals surface area contributed by atoms with E-state index in [2.05, 4.69) is 17.4 Å². The lowest BCUT2D eigenvalue weighted by atomic mass is 9.84. The summed E-state index contributed by atoms with van der Waals surface area (Å²) in [6.07, 6.45) is 3.85. The largest absolute Gasteiger partial charge is 0.497 e. The van der Waals surface area contributed by atoms with Crippen molar-refractivity contribution in [3.63, 3.8) is 0 Å². The molecule has 0 radical (unpaired) electrons. The number of nitrogens with two attached hydrogens (primary N) is 1. The summed E-state index contributed by atoms with van der Waals surface area (Å²) in [5.41, 5.74) is 8.02. The molecule has 2 aliphatic rings. The first-order valence-corrected chi connectivity index (χ1v) is 7.32. The molecule has 1 amide bonds. The Morgan fingerprint density at radius 2 is 2.30 bits per heavy atom. The molecule has 1 aliphatic heterocycles. The first-order valence-electron chi connectivity index (χ1n) is 7.32. The molecule has 1 heterocycles. The number of ether oxygens (including phenoxy) is 1. The third-order valence-corrected chi connectivity index (χ3v) is 4.85. The number of hydrogen-bond acceptors (Lipinski definition) is 3. The molecule has 0 saturated heterocycles. The van der Waals surface area contributed by atoms with Crippen LogP contribution in [0.3, 0.4) is 0 Å². The highest BCUT2D eigenvalue weighted by molar-refractivity contribution is 5.83. The Morgan fingerprint density at radius 1 is 1.50 bits per heavy atom. The summed E-state index contributed by atoms with van der Waals surface area (Å²) >= 11 is 0. The lowest BCUT2D eigenvalue weighted by molar-refractivity contribution is -0.123. The molecule has 1 unspecified atom stereocenters. The van der Waals surface area contributed by atoms with Crippen molar-refractivity contribution in [3.05, 3.63) is 29.3 Å².